The van der Waals surface area contributed by atoms with E-state index in [0.717, 1.165) is 6.92 Å². The van der Waals surface area contributed by atoms with Crippen molar-refractivity contribution in [3.63, 3.8) is 0 Å². The molecule has 1 unspecified atom stereocenters. The SMILES string of the molecule is CC/C=C(\C)C(=O)C(C(C)=O)C(=O)O. The molecule has 0 spiro atoms. The largest absolute Gasteiger partial charge is 0.480 e. The van der Waals surface area contributed by atoms with Crippen molar-refractivity contribution in [3.8, 4) is 0 Å². The van der Waals surface area contributed by atoms with Gasteiger partial charge in [-0.25, -0.2) is 0 Å². The number of hydrogen-bond acceptors (Lipinski definition) is 3. The number of aliphatic carboxylic acids is 1. The maximum absolute atomic E-state index is 11.4. The summed E-state index contributed by atoms with van der Waals surface area (Å²) in [5.41, 5.74) is 0.329. The first-order valence-electron chi connectivity index (χ1n) is 4.36. The van der Waals surface area contributed by atoms with Crippen LogP contribution in [-0.2, 0) is 14.4 Å². The second kappa shape index (κ2) is 5.32. The molecule has 1 atom stereocenters. The van der Waals surface area contributed by atoms with Gasteiger partial charge in [-0.3, -0.25) is 14.4 Å². The first-order chi connectivity index (χ1) is 6.41. The predicted octanol–water partition coefficient (Wildman–Crippen LogP) is 1.20. The second-order valence-corrected chi connectivity index (χ2v) is 3.04. The van der Waals surface area contributed by atoms with Crippen LogP contribution in [-0.4, -0.2) is 22.6 Å². The molecule has 0 rings (SSSR count). The molecule has 0 saturated heterocycles. The molecule has 0 aliphatic heterocycles. The second-order valence-electron chi connectivity index (χ2n) is 3.04. The predicted molar refractivity (Wildman–Crippen MR) is 50.9 cm³/mol. The standard InChI is InChI=1S/C10H14O4/c1-4-5-6(2)9(12)8(7(3)11)10(13)14/h5,8H,4H2,1-3H3,(H,13,14)/b6-5+. The van der Waals surface area contributed by atoms with Gasteiger partial charge < -0.3 is 5.11 Å². The quantitative estimate of drug-likeness (QED) is 0.532. The lowest BCUT2D eigenvalue weighted by atomic mass is 9.95. The highest BCUT2D eigenvalue weighted by molar-refractivity contribution is 6.21. The average Bonchev–Trinajstić information content (AvgIpc) is 2.03. The van der Waals surface area contributed by atoms with E-state index in [1.165, 1.54) is 6.92 Å². The van der Waals surface area contributed by atoms with Crippen LogP contribution < -0.4 is 0 Å². The third-order valence-corrected chi connectivity index (χ3v) is 1.81. The summed E-state index contributed by atoms with van der Waals surface area (Å²) in [4.78, 5) is 33.0. The molecule has 0 heterocycles. The van der Waals surface area contributed by atoms with E-state index < -0.39 is 23.5 Å². The van der Waals surface area contributed by atoms with Gasteiger partial charge in [0.1, 0.15) is 0 Å². The van der Waals surface area contributed by atoms with Crippen molar-refractivity contribution >= 4 is 17.5 Å². The fourth-order valence-electron chi connectivity index (χ4n) is 1.11. The molecule has 0 saturated carbocycles. The number of allylic oxidation sites excluding steroid dienone is 2. The van der Waals surface area contributed by atoms with Gasteiger partial charge >= 0.3 is 5.97 Å². The lowest BCUT2D eigenvalue weighted by molar-refractivity contribution is -0.148. The Hall–Kier alpha value is -1.45. The minimum absolute atomic E-state index is 0.329. The molecule has 0 aliphatic rings. The van der Waals surface area contributed by atoms with E-state index in [-0.39, 0.29) is 0 Å². The zero-order chi connectivity index (χ0) is 11.3. The fraction of sp³-hybridized carbons (Fsp3) is 0.500. The number of carboxylic acid groups (broad SMARTS) is 1. The van der Waals surface area contributed by atoms with E-state index in [1.807, 2.05) is 6.92 Å². The summed E-state index contributed by atoms with van der Waals surface area (Å²) in [5.74, 6) is -4.18. The van der Waals surface area contributed by atoms with Gasteiger partial charge in [-0.05, 0) is 25.8 Å². The van der Waals surface area contributed by atoms with Crippen molar-refractivity contribution in [1.82, 2.24) is 0 Å². The molecule has 14 heavy (non-hydrogen) atoms. The third-order valence-electron chi connectivity index (χ3n) is 1.81. The number of carbonyl (C=O) groups is 3. The van der Waals surface area contributed by atoms with Crippen LogP contribution in [0.4, 0.5) is 0 Å². The number of carboxylic acids is 1. The molecular weight excluding hydrogens is 184 g/mol. The maximum Gasteiger partial charge on any atom is 0.322 e. The minimum atomic E-state index is -1.54. The van der Waals surface area contributed by atoms with Crippen LogP contribution in [0, 0.1) is 5.92 Å². The fourth-order valence-corrected chi connectivity index (χ4v) is 1.11. The monoisotopic (exact) mass is 198 g/mol. The van der Waals surface area contributed by atoms with Gasteiger partial charge in [0.25, 0.3) is 0 Å². The van der Waals surface area contributed by atoms with Gasteiger partial charge in [0.2, 0.25) is 0 Å². The third kappa shape index (κ3) is 3.12. The molecule has 1 N–H and O–H groups in total. The number of Topliss-reactive ketones (excluding diaryl/α,β-unsaturated/α-hetero) is 2. The lowest BCUT2D eigenvalue weighted by Gasteiger charge is -2.07. The highest BCUT2D eigenvalue weighted by atomic mass is 16.4. The summed E-state index contributed by atoms with van der Waals surface area (Å²) in [5, 5.41) is 8.66. The molecule has 0 aliphatic carbocycles. The normalized spacial score (nSPS) is 13.5. The molecule has 0 aromatic carbocycles. The van der Waals surface area contributed by atoms with E-state index >= 15 is 0 Å². The summed E-state index contributed by atoms with van der Waals surface area (Å²) in [6.45, 7) is 4.46. The van der Waals surface area contributed by atoms with Gasteiger partial charge in [-0.1, -0.05) is 13.0 Å². The summed E-state index contributed by atoms with van der Waals surface area (Å²) in [6.07, 6.45) is 2.25. The Bertz CT molecular complexity index is 274. The van der Waals surface area contributed by atoms with Crippen LogP contribution in [0.15, 0.2) is 11.6 Å². The smallest absolute Gasteiger partial charge is 0.322 e. The van der Waals surface area contributed by atoms with Gasteiger partial charge in [0, 0.05) is 0 Å². The summed E-state index contributed by atoms with van der Waals surface area (Å²) < 4.78 is 0. The van der Waals surface area contributed by atoms with Crippen LogP contribution in [0.3, 0.4) is 0 Å². The van der Waals surface area contributed by atoms with Gasteiger partial charge in [-0.2, -0.15) is 0 Å². The van der Waals surface area contributed by atoms with Crippen molar-refractivity contribution < 1.29 is 19.5 Å². The highest BCUT2D eigenvalue weighted by Gasteiger charge is 2.31. The number of carbonyl (C=O) groups excluding carboxylic acids is 2. The van der Waals surface area contributed by atoms with E-state index in [1.54, 1.807) is 6.08 Å². The Labute approximate surface area is 82.6 Å². The molecule has 0 radical (unpaired) electrons. The van der Waals surface area contributed by atoms with Gasteiger partial charge in [-0.15, -0.1) is 0 Å². The molecule has 0 aromatic rings. The molecular formula is C10H14O4. The maximum atomic E-state index is 11.4. The topological polar surface area (TPSA) is 71.4 Å². The van der Waals surface area contributed by atoms with Crippen LogP contribution in [0.2, 0.25) is 0 Å². The minimum Gasteiger partial charge on any atom is -0.480 e. The average molecular weight is 198 g/mol. The zero-order valence-electron chi connectivity index (χ0n) is 8.53. The Morgan fingerprint density at radius 2 is 1.79 bits per heavy atom. The Morgan fingerprint density at radius 3 is 2.07 bits per heavy atom. The molecule has 4 heteroatoms. The van der Waals surface area contributed by atoms with E-state index in [2.05, 4.69) is 0 Å². The van der Waals surface area contributed by atoms with E-state index in [4.69, 9.17) is 5.11 Å². The Morgan fingerprint density at radius 1 is 1.29 bits per heavy atom. The molecule has 0 bridgehead atoms. The molecule has 0 fully saturated rings. The van der Waals surface area contributed by atoms with Crippen LogP contribution in [0.1, 0.15) is 27.2 Å². The number of hydrogen-bond donors (Lipinski definition) is 1. The van der Waals surface area contributed by atoms with Crippen molar-refractivity contribution in [3.05, 3.63) is 11.6 Å². The van der Waals surface area contributed by atoms with Gasteiger partial charge in [0.15, 0.2) is 17.5 Å². The van der Waals surface area contributed by atoms with Crippen LogP contribution in [0.25, 0.3) is 0 Å². The van der Waals surface area contributed by atoms with Crippen LogP contribution >= 0.6 is 0 Å². The summed E-state index contributed by atoms with van der Waals surface area (Å²) in [6, 6.07) is 0. The van der Waals surface area contributed by atoms with E-state index in [9.17, 15) is 14.4 Å². The van der Waals surface area contributed by atoms with Crippen molar-refractivity contribution in [2.75, 3.05) is 0 Å². The number of ketones is 2. The molecule has 4 nitrogen and oxygen atoms in total. The summed E-state index contributed by atoms with van der Waals surface area (Å²) >= 11 is 0. The Kier molecular flexibility index (Phi) is 4.77. The molecule has 0 aromatic heterocycles. The number of rotatable bonds is 5. The van der Waals surface area contributed by atoms with Crippen molar-refractivity contribution in [2.45, 2.75) is 27.2 Å². The highest BCUT2D eigenvalue weighted by Crippen LogP contribution is 2.09. The van der Waals surface area contributed by atoms with Crippen LogP contribution in [0.5, 0.6) is 0 Å². The molecule has 0 amide bonds. The van der Waals surface area contributed by atoms with E-state index in [0.29, 0.717) is 12.0 Å². The Balaban J connectivity index is 4.87. The zero-order valence-corrected chi connectivity index (χ0v) is 8.53. The van der Waals surface area contributed by atoms with Crippen molar-refractivity contribution in [2.24, 2.45) is 5.92 Å². The summed E-state index contributed by atoms with van der Waals surface area (Å²) in [7, 11) is 0. The molecule has 78 valence electrons. The van der Waals surface area contributed by atoms with Crippen molar-refractivity contribution in [1.29, 1.82) is 0 Å². The van der Waals surface area contributed by atoms with Gasteiger partial charge in [0.05, 0.1) is 0 Å². The first-order valence-corrected chi connectivity index (χ1v) is 4.36. The first kappa shape index (κ1) is 12.6. The lowest BCUT2D eigenvalue weighted by Crippen LogP contribution is -2.30.